The first-order valence-corrected chi connectivity index (χ1v) is 9.40. The molecule has 0 aromatic carbocycles. The van der Waals surface area contributed by atoms with E-state index in [0.29, 0.717) is 5.92 Å². The van der Waals surface area contributed by atoms with E-state index in [2.05, 4.69) is 6.58 Å². The molecule has 0 aromatic heterocycles. The molecule has 2 saturated carbocycles. The Kier molecular flexibility index (Phi) is 6.88. The highest BCUT2D eigenvalue weighted by Gasteiger charge is 2.42. The average molecular weight is 336 g/mol. The van der Waals surface area contributed by atoms with Crippen molar-refractivity contribution < 1.29 is 19.1 Å². The van der Waals surface area contributed by atoms with Crippen LogP contribution < -0.4 is 0 Å². The van der Waals surface area contributed by atoms with Gasteiger partial charge in [-0.05, 0) is 63.7 Å². The molecule has 0 bridgehead atoms. The lowest BCUT2D eigenvalue weighted by molar-refractivity contribution is -0.167. The molecule has 0 saturated heterocycles. The molecule has 2 aliphatic rings. The first-order chi connectivity index (χ1) is 11.5. The summed E-state index contributed by atoms with van der Waals surface area (Å²) >= 11 is 0. The Morgan fingerprint density at radius 3 is 2.58 bits per heavy atom. The molecule has 2 fully saturated rings. The van der Waals surface area contributed by atoms with Gasteiger partial charge in [0, 0.05) is 0 Å². The van der Waals surface area contributed by atoms with Crippen LogP contribution in [0.15, 0.2) is 12.7 Å². The molecule has 0 unspecified atom stereocenters. The van der Waals surface area contributed by atoms with Crippen molar-refractivity contribution in [3.05, 3.63) is 12.7 Å². The fourth-order valence-electron chi connectivity index (χ4n) is 4.55. The normalized spacial score (nSPS) is 28.5. The van der Waals surface area contributed by atoms with Gasteiger partial charge < -0.3 is 9.47 Å². The molecule has 0 radical (unpaired) electrons. The van der Waals surface area contributed by atoms with Gasteiger partial charge in [0.05, 0.1) is 19.4 Å². The second kappa shape index (κ2) is 8.68. The molecule has 0 amide bonds. The molecule has 2 aliphatic carbocycles. The first-order valence-electron chi connectivity index (χ1n) is 9.40. The van der Waals surface area contributed by atoms with E-state index in [1.807, 2.05) is 13.0 Å². The highest BCUT2D eigenvalue weighted by atomic mass is 16.6. The second-order valence-corrected chi connectivity index (χ2v) is 7.62. The number of esters is 2. The summed E-state index contributed by atoms with van der Waals surface area (Å²) in [6.45, 7) is 5.83. The molecule has 4 heteroatoms. The number of hydrogen-bond acceptors (Lipinski definition) is 4. The molecule has 3 atom stereocenters. The van der Waals surface area contributed by atoms with Crippen LogP contribution in [0.2, 0.25) is 0 Å². The summed E-state index contributed by atoms with van der Waals surface area (Å²) < 4.78 is 10.8. The molecule has 0 aromatic rings. The highest BCUT2D eigenvalue weighted by molar-refractivity contribution is 5.80. The fraction of sp³-hybridized carbons (Fsp3) is 0.800. The summed E-state index contributed by atoms with van der Waals surface area (Å²) in [5.74, 6) is -0.203. The smallest absolute Gasteiger partial charge is 0.309 e. The van der Waals surface area contributed by atoms with Gasteiger partial charge in [-0.1, -0.05) is 18.9 Å². The van der Waals surface area contributed by atoms with E-state index in [1.165, 1.54) is 7.11 Å². The lowest BCUT2D eigenvalue weighted by Crippen LogP contribution is -2.37. The van der Waals surface area contributed by atoms with Gasteiger partial charge in [0.25, 0.3) is 0 Å². The molecule has 0 N–H and O–H groups in total. The summed E-state index contributed by atoms with van der Waals surface area (Å²) in [5.41, 5.74) is -0.392. The molecule has 2 rings (SSSR count). The van der Waals surface area contributed by atoms with E-state index in [9.17, 15) is 9.59 Å². The van der Waals surface area contributed by atoms with Gasteiger partial charge in [-0.15, -0.1) is 6.58 Å². The molecule has 0 aliphatic heterocycles. The Morgan fingerprint density at radius 1 is 1.25 bits per heavy atom. The fourth-order valence-corrected chi connectivity index (χ4v) is 4.55. The predicted molar refractivity (Wildman–Crippen MR) is 93.4 cm³/mol. The van der Waals surface area contributed by atoms with Crippen LogP contribution in [0.5, 0.6) is 0 Å². The van der Waals surface area contributed by atoms with E-state index in [0.717, 1.165) is 57.8 Å². The van der Waals surface area contributed by atoms with Gasteiger partial charge in [0.2, 0.25) is 0 Å². The largest absolute Gasteiger partial charge is 0.469 e. The molecule has 4 nitrogen and oxygen atoms in total. The van der Waals surface area contributed by atoms with Crippen molar-refractivity contribution in [2.75, 3.05) is 7.11 Å². The van der Waals surface area contributed by atoms with Gasteiger partial charge in [-0.2, -0.15) is 0 Å². The first kappa shape index (κ1) is 19.0. The topological polar surface area (TPSA) is 52.6 Å². The van der Waals surface area contributed by atoms with Crippen LogP contribution in [-0.4, -0.2) is 24.6 Å². The number of carbonyl (C=O) groups is 2. The molecular formula is C20H32O4. The Hall–Kier alpha value is -1.32. The average Bonchev–Trinajstić information content (AvgIpc) is 3.20. The van der Waals surface area contributed by atoms with Crippen molar-refractivity contribution in [3.8, 4) is 0 Å². The van der Waals surface area contributed by atoms with Gasteiger partial charge >= 0.3 is 11.9 Å². The van der Waals surface area contributed by atoms with Crippen molar-refractivity contribution in [1.82, 2.24) is 0 Å². The van der Waals surface area contributed by atoms with Gasteiger partial charge in [-0.3, -0.25) is 9.59 Å². The third kappa shape index (κ3) is 4.61. The van der Waals surface area contributed by atoms with Crippen molar-refractivity contribution in [3.63, 3.8) is 0 Å². The van der Waals surface area contributed by atoms with E-state index in [4.69, 9.17) is 9.47 Å². The van der Waals surface area contributed by atoms with Crippen molar-refractivity contribution in [2.24, 2.45) is 17.8 Å². The summed E-state index contributed by atoms with van der Waals surface area (Å²) in [5, 5.41) is 0. The lowest BCUT2D eigenvalue weighted by atomic mass is 9.87. The summed E-state index contributed by atoms with van der Waals surface area (Å²) in [4.78, 5) is 24.7. The molecular weight excluding hydrogens is 304 g/mol. The van der Waals surface area contributed by atoms with Crippen LogP contribution in [0.1, 0.15) is 71.1 Å². The Bertz CT molecular complexity index is 453. The third-order valence-electron chi connectivity index (χ3n) is 6.01. The quantitative estimate of drug-likeness (QED) is 0.486. The van der Waals surface area contributed by atoms with Gasteiger partial charge in [0.15, 0.2) is 0 Å². The van der Waals surface area contributed by atoms with Crippen LogP contribution >= 0.6 is 0 Å². The van der Waals surface area contributed by atoms with Crippen molar-refractivity contribution >= 4 is 11.9 Å². The number of hydrogen-bond donors (Lipinski definition) is 0. The maximum absolute atomic E-state index is 12.6. The predicted octanol–water partition coefficient (Wildman–Crippen LogP) is 4.42. The number of allylic oxidation sites excluding steroid dienone is 1. The number of carbonyl (C=O) groups excluding carboxylic acids is 2. The van der Waals surface area contributed by atoms with E-state index in [-0.39, 0.29) is 30.2 Å². The second-order valence-electron chi connectivity index (χ2n) is 7.62. The van der Waals surface area contributed by atoms with Crippen LogP contribution in [0.25, 0.3) is 0 Å². The Morgan fingerprint density at radius 2 is 1.96 bits per heavy atom. The molecule has 0 heterocycles. The zero-order valence-corrected chi connectivity index (χ0v) is 15.2. The lowest BCUT2D eigenvalue weighted by Gasteiger charge is -2.32. The number of rotatable bonds is 8. The van der Waals surface area contributed by atoms with Gasteiger partial charge in [0.1, 0.15) is 5.60 Å². The number of ether oxygens (including phenoxy) is 2. The van der Waals surface area contributed by atoms with Crippen LogP contribution in [0.3, 0.4) is 0 Å². The Labute approximate surface area is 146 Å². The minimum atomic E-state index is -0.392. The maximum Gasteiger partial charge on any atom is 0.309 e. The van der Waals surface area contributed by atoms with Crippen molar-refractivity contribution in [2.45, 2.75) is 76.7 Å². The third-order valence-corrected chi connectivity index (χ3v) is 6.01. The maximum atomic E-state index is 12.6. The minimum absolute atomic E-state index is 0.154. The Balaban J connectivity index is 1.96. The van der Waals surface area contributed by atoms with E-state index >= 15 is 0 Å². The van der Waals surface area contributed by atoms with Crippen LogP contribution in [-0.2, 0) is 19.1 Å². The van der Waals surface area contributed by atoms with Crippen molar-refractivity contribution in [1.29, 1.82) is 0 Å². The monoisotopic (exact) mass is 336 g/mol. The minimum Gasteiger partial charge on any atom is -0.469 e. The number of methoxy groups -OCH3 is 1. The summed E-state index contributed by atoms with van der Waals surface area (Å²) in [6, 6.07) is 0. The molecule has 0 spiro atoms. The SMILES string of the molecule is C=CCC[C@H]1CCC[C@]1(C)OC(=O)C[C@H](C(=O)OC)C1CCCC1. The van der Waals surface area contributed by atoms with Gasteiger partial charge in [-0.25, -0.2) is 0 Å². The molecule has 24 heavy (non-hydrogen) atoms. The van der Waals surface area contributed by atoms with E-state index < -0.39 is 5.60 Å². The van der Waals surface area contributed by atoms with Crippen LogP contribution in [0, 0.1) is 17.8 Å². The zero-order valence-electron chi connectivity index (χ0n) is 15.2. The highest BCUT2D eigenvalue weighted by Crippen LogP contribution is 2.42. The summed E-state index contributed by atoms with van der Waals surface area (Å²) in [7, 11) is 1.40. The summed E-state index contributed by atoms with van der Waals surface area (Å²) in [6.07, 6.45) is 11.4. The zero-order chi connectivity index (χ0) is 17.6. The molecule has 136 valence electrons. The van der Waals surface area contributed by atoms with Crippen LogP contribution in [0.4, 0.5) is 0 Å². The standard InChI is InChI=1S/C20H32O4/c1-4-5-11-16-12-8-13-20(16,2)24-18(21)14-17(19(22)23-3)15-9-6-7-10-15/h4,15-17H,1,5-14H2,2-3H3/t16-,17-,20-/m0/s1. The van der Waals surface area contributed by atoms with E-state index in [1.54, 1.807) is 0 Å².